The van der Waals surface area contributed by atoms with E-state index in [1.54, 1.807) is 19.2 Å². The average Bonchev–Trinajstić information content (AvgIpc) is 3.30. The van der Waals surface area contributed by atoms with E-state index in [1.165, 1.54) is 12.1 Å². The standard InChI is InChI=1S/C31H33FN2O4/c1-4-31(30(35)36,34(3)21-24-10-14-26(32)15-11-24)20-23-12-16-27(17-13-23)37-19-18-28-22(2)38-29(33-28)25-8-6-5-7-9-25/h5-17H,4,18-21H2,1-3H3,(H,35,36)/t31-/m0/s1. The molecule has 0 spiro atoms. The number of likely N-dealkylation sites (N-methyl/N-ethyl adjacent to an activating group) is 1. The van der Waals surface area contributed by atoms with Crippen molar-refractivity contribution < 1.29 is 23.4 Å². The summed E-state index contributed by atoms with van der Waals surface area (Å²) < 4.78 is 25.1. The first-order valence-corrected chi connectivity index (χ1v) is 12.7. The molecular weight excluding hydrogens is 483 g/mol. The van der Waals surface area contributed by atoms with E-state index in [0.29, 0.717) is 44.1 Å². The second-order valence-corrected chi connectivity index (χ2v) is 9.48. The highest BCUT2D eigenvalue weighted by atomic mass is 19.1. The summed E-state index contributed by atoms with van der Waals surface area (Å²) in [7, 11) is 1.80. The van der Waals surface area contributed by atoms with Gasteiger partial charge in [-0.05, 0) is 67.9 Å². The number of carboxylic acids is 1. The predicted molar refractivity (Wildman–Crippen MR) is 145 cm³/mol. The highest BCUT2D eigenvalue weighted by molar-refractivity contribution is 5.79. The van der Waals surface area contributed by atoms with Crippen LogP contribution in [-0.4, -0.2) is 40.2 Å². The van der Waals surface area contributed by atoms with Gasteiger partial charge in [0.2, 0.25) is 5.89 Å². The predicted octanol–water partition coefficient (Wildman–Crippen LogP) is 6.32. The van der Waals surface area contributed by atoms with Crippen molar-refractivity contribution in [1.82, 2.24) is 9.88 Å². The second kappa shape index (κ2) is 12.0. The van der Waals surface area contributed by atoms with E-state index in [1.807, 2.05) is 73.3 Å². The molecule has 3 aromatic carbocycles. The average molecular weight is 517 g/mol. The van der Waals surface area contributed by atoms with Gasteiger partial charge < -0.3 is 14.3 Å². The van der Waals surface area contributed by atoms with Crippen LogP contribution < -0.4 is 4.74 Å². The fourth-order valence-electron chi connectivity index (χ4n) is 4.61. The van der Waals surface area contributed by atoms with Gasteiger partial charge in [0.25, 0.3) is 0 Å². The first-order chi connectivity index (χ1) is 18.3. The maximum atomic E-state index is 13.3. The number of carboxylic acid groups (broad SMARTS) is 1. The summed E-state index contributed by atoms with van der Waals surface area (Å²) in [5.74, 6) is 0.881. The van der Waals surface area contributed by atoms with Gasteiger partial charge in [-0.15, -0.1) is 0 Å². The number of carbonyl (C=O) groups is 1. The summed E-state index contributed by atoms with van der Waals surface area (Å²) in [6.45, 7) is 4.62. The van der Waals surface area contributed by atoms with Crippen molar-refractivity contribution in [2.24, 2.45) is 0 Å². The van der Waals surface area contributed by atoms with Crippen LogP contribution in [0.25, 0.3) is 11.5 Å². The van der Waals surface area contributed by atoms with E-state index in [4.69, 9.17) is 9.15 Å². The molecule has 0 unspecified atom stereocenters. The first kappa shape index (κ1) is 27.1. The molecule has 1 aromatic heterocycles. The van der Waals surface area contributed by atoms with Gasteiger partial charge in [-0.3, -0.25) is 9.69 Å². The van der Waals surface area contributed by atoms with Gasteiger partial charge in [-0.1, -0.05) is 49.4 Å². The van der Waals surface area contributed by atoms with Gasteiger partial charge in [-0.2, -0.15) is 0 Å². The van der Waals surface area contributed by atoms with Crippen LogP contribution >= 0.6 is 0 Å². The number of rotatable bonds is 12. The van der Waals surface area contributed by atoms with Crippen molar-refractivity contribution in [2.75, 3.05) is 13.7 Å². The molecule has 6 nitrogen and oxygen atoms in total. The van der Waals surface area contributed by atoms with E-state index < -0.39 is 11.5 Å². The number of hydrogen-bond donors (Lipinski definition) is 1. The van der Waals surface area contributed by atoms with Gasteiger partial charge in [0, 0.05) is 24.9 Å². The maximum absolute atomic E-state index is 13.3. The third-order valence-electron chi connectivity index (χ3n) is 6.99. The SMILES string of the molecule is CC[C@](Cc1ccc(OCCc2nc(-c3ccccc3)oc2C)cc1)(C(=O)O)N(C)Cc1ccc(F)cc1. The molecule has 0 radical (unpaired) electrons. The largest absolute Gasteiger partial charge is 0.493 e. The molecule has 0 saturated heterocycles. The third kappa shape index (κ3) is 6.29. The van der Waals surface area contributed by atoms with Crippen LogP contribution in [0, 0.1) is 12.7 Å². The highest BCUT2D eigenvalue weighted by Gasteiger charge is 2.41. The van der Waals surface area contributed by atoms with Crippen LogP contribution in [0.3, 0.4) is 0 Å². The normalized spacial score (nSPS) is 12.9. The van der Waals surface area contributed by atoms with Crippen LogP contribution in [0.2, 0.25) is 0 Å². The van der Waals surface area contributed by atoms with E-state index in [9.17, 15) is 14.3 Å². The number of nitrogens with zero attached hydrogens (tertiary/aromatic N) is 2. The molecule has 7 heteroatoms. The van der Waals surface area contributed by atoms with Crippen LogP contribution in [0.1, 0.15) is 35.9 Å². The zero-order valence-electron chi connectivity index (χ0n) is 22.0. The number of aryl methyl sites for hydroxylation is 1. The number of halogens is 1. The monoisotopic (exact) mass is 516 g/mol. The van der Waals surface area contributed by atoms with E-state index in [0.717, 1.165) is 28.1 Å². The Kier molecular flexibility index (Phi) is 8.59. The minimum atomic E-state index is -1.10. The molecule has 1 N–H and O–H groups in total. The van der Waals surface area contributed by atoms with Crippen molar-refractivity contribution in [3.8, 4) is 17.2 Å². The van der Waals surface area contributed by atoms with Gasteiger partial charge in [0.1, 0.15) is 22.9 Å². The Balaban J connectivity index is 1.37. The molecule has 0 aliphatic carbocycles. The minimum absolute atomic E-state index is 0.313. The van der Waals surface area contributed by atoms with E-state index in [-0.39, 0.29) is 5.82 Å². The smallest absolute Gasteiger partial charge is 0.324 e. The van der Waals surface area contributed by atoms with Crippen molar-refractivity contribution in [2.45, 2.75) is 45.2 Å². The van der Waals surface area contributed by atoms with Crippen molar-refractivity contribution in [3.63, 3.8) is 0 Å². The fraction of sp³-hybridized carbons (Fsp3) is 0.290. The number of ether oxygens (including phenoxy) is 1. The summed E-state index contributed by atoms with van der Waals surface area (Å²) in [6, 6.07) is 23.5. The molecule has 0 bridgehead atoms. The third-order valence-corrected chi connectivity index (χ3v) is 6.99. The molecule has 198 valence electrons. The Morgan fingerprint density at radius 3 is 2.32 bits per heavy atom. The molecular formula is C31H33FN2O4. The Morgan fingerprint density at radius 2 is 1.68 bits per heavy atom. The molecule has 0 saturated carbocycles. The molecule has 4 aromatic rings. The van der Waals surface area contributed by atoms with Gasteiger partial charge in [-0.25, -0.2) is 9.37 Å². The topological polar surface area (TPSA) is 75.8 Å². The second-order valence-electron chi connectivity index (χ2n) is 9.48. The van der Waals surface area contributed by atoms with Crippen LogP contribution in [0.4, 0.5) is 4.39 Å². The van der Waals surface area contributed by atoms with Gasteiger partial charge in [0.05, 0.1) is 12.3 Å². The number of aromatic nitrogens is 1. The number of aliphatic carboxylic acids is 1. The Morgan fingerprint density at radius 1 is 1.03 bits per heavy atom. The lowest BCUT2D eigenvalue weighted by Crippen LogP contribution is -2.53. The van der Waals surface area contributed by atoms with Crippen molar-refractivity contribution >= 4 is 5.97 Å². The molecule has 0 aliphatic rings. The Labute approximate surface area is 222 Å². The molecule has 0 amide bonds. The number of hydrogen-bond acceptors (Lipinski definition) is 5. The van der Waals surface area contributed by atoms with Crippen LogP contribution in [0.15, 0.2) is 83.3 Å². The molecule has 4 rings (SSSR count). The summed E-state index contributed by atoms with van der Waals surface area (Å²) >= 11 is 0. The lowest BCUT2D eigenvalue weighted by atomic mass is 9.86. The number of benzene rings is 3. The summed E-state index contributed by atoms with van der Waals surface area (Å²) in [5, 5.41) is 10.2. The van der Waals surface area contributed by atoms with E-state index in [2.05, 4.69) is 4.98 Å². The fourth-order valence-corrected chi connectivity index (χ4v) is 4.61. The highest BCUT2D eigenvalue weighted by Crippen LogP contribution is 2.28. The quantitative estimate of drug-likeness (QED) is 0.238. The summed E-state index contributed by atoms with van der Waals surface area (Å²) in [4.78, 5) is 18.9. The lowest BCUT2D eigenvalue weighted by Gasteiger charge is -2.38. The number of oxazole rings is 1. The summed E-state index contributed by atoms with van der Waals surface area (Å²) in [6.07, 6.45) is 1.35. The minimum Gasteiger partial charge on any atom is -0.493 e. The summed E-state index contributed by atoms with van der Waals surface area (Å²) in [5.41, 5.74) is 2.45. The zero-order chi connectivity index (χ0) is 27.1. The molecule has 0 aliphatic heterocycles. The Hall–Kier alpha value is -3.97. The molecule has 38 heavy (non-hydrogen) atoms. The van der Waals surface area contributed by atoms with Crippen molar-refractivity contribution in [1.29, 1.82) is 0 Å². The lowest BCUT2D eigenvalue weighted by molar-refractivity contribution is -0.151. The van der Waals surface area contributed by atoms with Crippen LogP contribution in [-0.2, 0) is 24.2 Å². The van der Waals surface area contributed by atoms with Crippen LogP contribution in [0.5, 0.6) is 5.75 Å². The zero-order valence-corrected chi connectivity index (χ0v) is 22.0. The first-order valence-electron chi connectivity index (χ1n) is 12.7. The van der Waals surface area contributed by atoms with Gasteiger partial charge >= 0.3 is 5.97 Å². The molecule has 0 fully saturated rings. The van der Waals surface area contributed by atoms with Gasteiger partial charge in [0.15, 0.2) is 0 Å². The molecule has 1 atom stereocenters. The Bertz CT molecular complexity index is 1340. The van der Waals surface area contributed by atoms with E-state index >= 15 is 0 Å². The molecule has 1 heterocycles. The van der Waals surface area contributed by atoms with Crippen molar-refractivity contribution in [3.05, 3.63) is 107 Å². The maximum Gasteiger partial charge on any atom is 0.324 e.